The zero-order chi connectivity index (χ0) is 14.2. The van der Waals surface area contributed by atoms with Gasteiger partial charge in [-0.1, -0.05) is 24.6 Å². The Hall–Kier alpha value is -0.690. The molecule has 0 saturated carbocycles. The number of hydrogen-bond acceptors (Lipinski definition) is 3. The van der Waals surface area contributed by atoms with Crippen LogP contribution in [-0.2, 0) is 10.0 Å². The van der Waals surface area contributed by atoms with Crippen LogP contribution >= 0.6 is 11.6 Å². The van der Waals surface area contributed by atoms with Crippen molar-refractivity contribution in [1.82, 2.24) is 4.31 Å². The Balaban J connectivity index is 2.38. The molecule has 2 atom stereocenters. The van der Waals surface area contributed by atoms with Gasteiger partial charge < -0.3 is 5.11 Å². The molecule has 0 spiro atoms. The third-order valence-electron chi connectivity index (χ3n) is 3.40. The van der Waals surface area contributed by atoms with Gasteiger partial charge in [0.2, 0.25) is 10.0 Å². The Morgan fingerprint density at radius 3 is 2.74 bits per heavy atom. The van der Waals surface area contributed by atoms with Crippen molar-refractivity contribution in [2.24, 2.45) is 5.92 Å². The molecule has 1 aliphatic heterocycles. The van der Waals surface area contributed by atoms with Crippen LogP contribution in [0.3, 0.4) is 0 Å². The highest BCUT2D eigenvalue weighted by Crippen LogP contribution is 2.30. The SMILES string of the molecule is C[C@H]1CCN(S(=O)(=O)c2c(F)cccc2Cl)C[C@@H]1O. The Labute approximate surface area is 116 Å². The number of benzene rings is 1. The summed E-state index contributed by atoms with van der Waals surface area (Å²) in [7, 11) is -4.01. The quantitative estimate of drug-likeness (QED) is 0.907. The Morgan fingerprint density at radius 2 is 2.16 bits per heavy atom. The van der Waals surface area contributed by atoms with Crippen LogP contribution in [0, 0.1) is 11.7 Å². The van der Waals surface area contributed by atoms with E-state index in [1.54, 1.807) is 0 Å². The van der Waals surface area contributed by atoms with Gasteiger partial charge in [0.05, 0.1) is 11.1 Å². The van der Waals surface area contributed by atoms with Crippen LogP contribution in [0.5, 0.6) is 0 Å². The van der Waals surface area contributed by atoms with Crippen LogP contribution in [0.15, 0.2) is 23.1 Å². The molecule has 1 aliphatic rings. The minimum atomic E-state index is -4.01. The molecule has 0 unspecified atom stereocenters. The van der Waals surface area contributed by atoms with Crippen molar-refractivity contribution in [1.29, 1.82) is 0 Å². The second kappa shape index (κ2) is 5.36. The summed E-state index contributed by atoms with van der Waals surface area (Å²) < 4.78 is 39.6. The van der Waals surface area contributed by atoms with Gasteiger partial charge in [-0.25, -0.2) is 12.8 Å². The molecule has 7 heteroatoms. The number of β-amino-alcohol motifs (C(OH)–C–C–N with tert-alkyl or cyclic N) is 1. The van der Waals surface area contributed by atoms with E-state index in [1.807, 2.05) is 6.92 Å². The number of aliphatic hydroxyl groups excluding tert-OH is 1. The lowest BCUT2D eigenvalue weighted by molar-refractivity contribution is 0.0604. The number of nitrogens with zero attached hydrogens (tertiary/aromatic N) is 1. The van der Waals surface area contributed by atoms with E-state index in [9.17, 15) is 17.9 Å². The normalized spacial score (nSPS) is 25.5. The Morgan fingerprint density at radius 1 is 1.47 bits per heavy atom. The van der Waals surface area contributed by atoms with Crippen molar-refractivity contribution < 1.29 is 17.9 Å². The molecule has 2 rings (SSSR count). The largest absolute Gasteiger partial charge is 0.391 e. The molecule has 106 valence electrons. The van der Waals surface area contributed by atoms with Gasteiger partial charge in [-0.2, -0.15) is 4.31 Å². The predicted octanol–water partition coefficient (Wildman–Crippen LogP) is 1.87. The van der Waals surface area contributed by atoms with E-state index in [1.165, 1.54) is 12.1 Å². The molecule has 0 aromatic heterocycles. The van der Waals surface area contributed by atoms with E-state index in [0.29, 0.717) is 6.42 Å². The van der Waals surface area contributed by atoms with Crippen molar-refractivity contribution in [3.63, 3.8) is 0 Å². The first kappa shape index (κ1) is 14.7. The van der Waals surface area contributed by atoms with E-state index < -0.39 is 26.8 Å². The summed E-state index contributed by atoms with van der Waals surface area (Å²) in [5.41, 5.74) is 0. The Kier molecular flexibility index (Phi) is 4.15. The standard InChI is InChI=1S/C12H15ClFNO3S/c1-8-5-6-15(7-11(8)16)19(17,18)12-9(13)3-2-4-10(12)14/h2-4,8,11,16H,5-7H2,1H3/t8-,11-/m0/s1. The van der Waals surface area contributed by atoms with Crippen molar-refractivity contribution in [3.05, 3.63) is 29.0 Å². The topological polar surface area (TPSA) is 57.6 Å². The number of hydrogen-bond donors (Lipinski definition) is 1. The zero-order valence-electron chi connectivity index (χ0n) is 10.4. The first-order chi connectivity index (χ1) is 8.84. The third kappa shape index (κ3) is 2.76. The molecule has 0 radical (unpaired) electrons. The van der Waals surface area contributed by atoms with Crippen LogP contribution in [0.4, 0.5) is 4.39 Å². The molecule has 1 N–H and O–H groups in total. The van der Waals surface area contributed by atoms with Crippen LogP contribution in [0.1, 0.15) is 13.3 Å². The molecule has 1 aromatic carbocycles. The molecule has 0 amide bonds. The highest BCUT2D eigenvalue weighted by molar-refractivity contribution is 7.89. The minimum absolute atomic E-state index is 0.0301. The van der Waals surface area contributed by atoms with Crippen molar-refractivity contribution in [2.75, 3.05) is 13.1 Å². The zero-order valence-corrected chi connectivity index (χ0v) is 12.0. The first-order valence-corrected chi connectivity index (χ1v) is 7.78. The van der Waals surface area contributed by atoms with Crippen LogP contribution in [0.25, 0.3) is 0 Å². The van der Waals surface area contributed by atoms with Crippen LogP contribution < -0.4 is 0 Å². The highest BCUT2D eigenvalue weighted by atomic mass is 35.5. The second-order valence-electron chi connectivity index (χ2n) is 4.75. The van der Waals surface area contributed by atoms with Gasteiger partial charge in [0.25, 0.3) is 0 Å². The highest BCUT2D eigenvalue weighted by Gasteiger charge is 2.35. The number of piperidine rings is 1. The smallest absolute Gasteiger partial charge is 0.247 e. The van der Waals surface area contributed by atoms with Gasteiger partial charge in [0.1, 0.15) is 10.7 Å². The summed E-state index contributed by atoms with van der Waals surface area (Å²) in [4.78, 5) is -0.515. The maximum absolute atomic E-state index is 13.7. The molecule has 1 heterocycles. The fourth-order valence-corrected chi connectivity index (χ4v) is 4.13. The molecule has 1 aromatic rings. The summed E-state index contributed by atoms with van der Waals surface area (Å²) in [5.74, 6) is -0.844. The van der Waals surface area contributed by atoms with Gasteiger partial charge in [-0.05, 0) is 24.5 Å². The summed E-state index contributed by atoms with van der Waals surface area (Å²) >= 11 is 5.79. The lowest BCUT2D eigenvalue weighted by Crippen LogP contribution is -2.45. The van der Waals surface area contributed by atoms with E-state index in [0.717, 1.165) is 10.4 Å². The van der Waals surface area contributed by atoms with Crippen LogP contribution in [0.2, 0.25) is 5.02 Å². The van der Waals surface area contributed by atoms with Gasteiger partial charge in [-0.3, -0.25) is 0 Å². The first-order valence-electron chi connectivity index (χ1n) is 5.96. The van der Waals surface area contributed by atoms with E-state index in [-0.39, 0.29) is 24.0 Å². The van der Waals surface area contributed by atoms with Gasteiger partial charge in [0.15, 0.2) is 0 Å². The molecule has 1 fully saturated rings. The molecule has 19 heavy (non-hydrogen) atoms. The van der Waals surface area contributed by atoms with Gasteiger partial charge in [0, 0.05) is 13.1 Å². The maximum atomic E-state index is 13.7. The molecular formula is C12H15ClFNO3S. The predicted molar refractivity (Wildman–Crippen MR) is 70.0 cm³/mol. The van der Waals surface area contributed by atoms with E-state index in [2.05, 4.69) is 0 Å². The van der Waals surface area contributed by atoms with E-state index in [4.69, 9.17) is 11.6 Å². The van der Waals surface area contributed by atoms with Crippen molar-refractivity contribution in [3.8, 4) is 0 Å². The average molecular weight is 308 g/mol. The average Bonchev–Trinajstić information content (AvgIpc) is 2.32. The van der Waals surface area contributed by atoms with Gasteiger partial charge in [-0.15, -0.1) is 0 Å². The number of aliphatic hydroxyl groups is 1. The fraction of sp³-hybridized carbons (Fsp3) is 0.500. The number of rotatable bonds is 2. The molecule has 1 saturated heterocycles. The second-order valence-corrected chi connectivity index (χ2v) is 7.03. The summed E-state index contributed by atoms with van der Waals surface area (Å²) in [6, 6.07) is 3.74. The third-order valence-corrected chi connectivity index (χ3v) is 5.77. The maximum Gasteiger partial charge on any atom is 0.247 e. The summed E-state index contributed by atoms with van der Waals surface area (Å²) in [6.45, 7) is 2.07. The number of halogens is 2. The fourth-order valence-electron chi connectivity index (χ4n) is 2.10. The van der Waals surface area contributed by atoms with Crippen molar-refractivity contribution >= 4 is 21.6 Å². The summed E-state index contributed by atoms with van der Waals surface area (Å²) in [5, 5.41) is 9.62. The lowest BCUT2D eigenvalue weighted by Gasteiger charge is -2.33. The summed E-state index contributed by atoms with van der Waals surface area (Å²) in [6.07, 6.45) is -0.207. The molecule has 4 nitrogen and oxygen atoms in total. The van der Waals surface area contributed by atoms with Gasteiger partial charge >= 0.3 is 0 Å². The molecular weight excluding hydrogens is 293 g/mol. The molecule has 0 aliphatic carbocycles. The number of sulfonamides is 1. The lowest BCUT2D eigenvalue weighted by atomic mass is 9.98. The van der Waals surface area contributed by atoms with Crippen molar-refractivity contribution in [2.45, 2.75) is 24.3 Å². The minimum Gasteiger partial charge on any atom is -0.391 e. The van der Waals surface area contributed by atoms with E-state index >= 15 is 0 Å². The monoisotopic (exact) mass is 307 g/mol. The van der Waals surface area contributed by atoms with Crippen LogP contribution in [-0.4, -0.2) is 37.0 Å². The Bertz CT molecular complexity index is 558. The molecule has 0 bridgehead atoms.